The van der Waals surface area contributed by atoms with Crippen LogP contribution >= 0.6 is 0 Å². The molecule has 0 amide bonds. The molecule has 0 aromatic carbocycles. The number of hydrogen-bond donors (Lipinski definition) is 0. The van der Waals surface area contributed by atoms with Crippen LogP contribution in [0.5, 0.6) is 23.5 Å². The first-order chi connectivity index (χ1) is 54.0. The summed E-state index contributed by atoms with van der Waals surface area (Å²) in [5.41, 5.74) is 0. The summed E-state index contributed by atoms with van der Waals surface area (Å²) in [7, 11) is 0. The van der Waals surface area contributed by atoms with Gasteiger partial charge in [0.1, 0.15) is 0 Å². The SMILES string of the molecule is FC(F)C(F)(F)C(F)(F)C(F)(F)C(F)(F)C(F)(F)C(F)(F)C(F)(F)COc1cc(OCC(F)(F)C(F)(F)C(F)(F)C(F)(F)C(F)(F)C(F)(F)C(F)(F)C(F)F)nc(N2CCCN(c3nc(OCC(F)(F)C(F)(F)C(F)(F)C(F)(F)C(F)(F)C(F)(F)C(F)(F)C(F)F)cc(OCC(F)(F)C(F)(F)C(F)(F)C(F)(F)C(F)(F)C(F)(F)C(F)(F)C(F)F)n3)CCC2)n1. The lowest BCUT2D eigenvalue weighted by molar-refractivity contribution is -0.447. The molecule has 1 saturated heterocycles. The molecule has 1 aliphatic heterocycles. The van der Waals surface area contributed by atoms with Gasteiger partial charge >= 0.3 is 192 Å². The molecular formula is C50H26F64N6O4. The van der Waals surface area contributed by atoms with E-state index in [2.05, 4.69) is 38.9 Å². The van der Waals surface area contributed by atoms with Gasteiger partial charge in [0.2, 0.25) is 35.4 Å². The Balaban J connectivity index is 2.40. The van der Waals surface area contributed by atoms with E-state index in [1.165, 1.54) is 0 Å². The third kappa shape index (κ3) is 16.3. The van der Waals surface area contributed by atoms with Crippen LogP contribution in [-0.4, -0.2) is 264 Å². The van der Waals surface area contributed by atoms with Crippen molar-refractivity contribution in [3.8, 4) is 23.5 Å². The number of alkyl halides is 64. The van der Waals surface area contributed by atoms with E-state index in [9.17, 15) is 246 Å². The largest absolute Gasteiger partial charge is 0.471 e. The monoisotopic (exact) mass is 1990 g/mol. The molecule has 0 N–H and O–H groups in total. The van der Waals surface area contributed by atoms with Crippen LogP contribution < -0.4 is 28.7 Å². The molecule has 0 spiro atoms. The molecule has 74 heteroatoms. The minimum atomic E-state index is -9.29. The number of rotatable bonds is 42. The smallest absolute Gasteiger partial charge is 0.385 e. The second kappa shape index (κ2) is 32.3. The molecule has 0 aliphatic carbocycles. The van der Waals surface area contributed by atoms with Gasteiger partial charge in [0, 0.05) is 26.2 Å². The van der Waals surface area contributed by atoms with Gasteiger partial charge in [0.05, 0.1) is 12.1 Å². The number of ether oxygens (including phenoxy) is 4. The van der Waals surface area contributed by atoms with Gasteiger partial charge in [-0.05, 0) is 12.8 Å². The van der Waals surface area contributed by atoms with Crippen LogP contribution in [0.4, 0.5) is 293 Å². The lowest BCUT2D eigenvalue weighted by Gasteiger charge is -2.42. The van der Waals surface area contributed by atoms with Crippen LogP contribution in [0.1, 0.15) is 12.8 Å². The van der Waals surface area contributed by atoms with Crippen LogP contribution in [-0.2, 0) is 0 Å². The molecule has 0 radical (unpaired) electrons. The summed E-state index contributed by atoms with van der Waals surface area (Å²) in [6.07, 6.45) is -28.8. The van der Waals surface area contributed by atoms with Gasteiger partial charge in [0.15, 0.2) is 26.4 Å². The van der Waals surface area contributed by atoms with Crippen LogP contribution in [0.15, 0.2) is 12.1 Å². The van der Waals surface area contributed by atoms with E-state index in [1.807, 2.05) is 0 Å². The summed E-state index contributed by atoms with van der Waals surface area (Å²) >= 11 is 0. The highest BCUT2D eigenvalue weighted by molar-refractivity contribution is 5.40. The van der Waals surface area contributed by atoms with Crippen molar-refractivity contribution in [1.82, 2.24) is 19.9 Å². The van der Waals surface area contributed by atoms with E-state index in [0.29, 0.717) is 0 Å². The van der Waals surface area contributed by atoms with Crippen molar-refractivity contribution in [2.75, 3.05) is 62.4 Å². The van der Waals surface area contributed by atoms with E-state index in [-0.39, 0.29) is 9.80 Å². The quantitative estimate of drug-likeness (QED) is 0.0598. The first kappa shape index (κ1) is 111. The molecule has 0 saturated carbocycles. The first-order valence-electron chi connectivity index (χ1n) is 29.5. The van der Waals surface area contributed by atoms with Crippen molar-refractivity contribution >= 4 is 11.9 Å². The minimum absolute atomic E-state index is 0.129. The van der Waals surface area contributed by atoms with Crippen molar-refractivity contribution in [1.29, 1.82) is 0 Å². The highest BCUT2D eigenvalue weighted by atomic mass is 19.4. The molecule has 0 atom stereocenters. The van der Waals surface area contributed by atoms with Gasteiger partial charge in [0.25, 0.3) is 0 Å². The number of hydrogen-bond acceptors (Lipinski definition) is 10. The summed E-state index contributed by atoms with van der Waals surface area (Å²) in [6, 6.07) is -2.23. The Morgan fingerprint density at radius 1 is 0.202 bits per heavy atom. The van der Waals surface area contributed by atoms with Gasteiger partial charge in [-0.3, -0.25) is 0 Å². The Kier molecular flexibility index (Phi) is 28.8. The third-order valence-corrected chi connectivity index (χ3v) is 16.1. The average Bonchev–Trinajstić information content (AvgIpc) is 0.711. The molecular weight excluding hydrogens is 1960 g/mol. The highest BCUT2D eigenvalue weighted by Crippen LogP contribution is 2.69. The van der Waals surface area contributed by atoms with E-state index >= 15 is 35.1 Å². The lowest BCUT2D eigenvalue weighted by atomic mass is 9.89. The summed E-state index contributed by atoms with van der Waals surface area (Å²) in [4.78, 5) is 10.6. The predicted molar refractivity (Wildman–Crippen MR) is 262 cm³/mol. The van der Waals surface area contributed by atoms with E-state index in [4.69, 9.17) is 0 Å². The Hall–Kier alpha value is -7.52. The molecule has 728 valence electrons. The molecule has 2 aromatic heterocycles. The fraction of sp³-hybridized carbons (Fsp3) is 0.840. The first-order valence-corrected chi connectivity index (χ1v) is 29.5. The zero-order valence-corrected chi connectivity index (χ0v) is 56.0. The van der Waals surface area contributed by atoms with E-state index < -0.39 is 305 Å². The fourth-order valence-electron chi connectivity index (χ4n) is 8.58. The molecule has 124 heavy (non-hydrogen) atoms. The Morgan fingerprint density at radius 2 is 0.323 bits per heavy atom. The maximum atomic E-state index is 15.0. The van der Waals surface area contributed by atoms with E-state index in [0.717, 1.165) is 0 Å². The Morgan fingerprint density at radius 3 is 0.452 bits per heavy atom. The number of aromatic nitrogens is 4. The number of halogens is 64. The average molecular weight is 1990 g/mol. The van der Waals surface area contributed by atoms with Crippen LogP contribution in [0.25, 0.3) is 0 Å². The summed E-state index contributed by atoms with van der Waals surface area (Å²) in [5, 5.41) is 0. The lowest BCUT2D eigenvalue weighted by Crippen LogP contribution is -2.74. The molecule has 1 fully saturated rings. The second-order valence-corrected chi connectivity index (χ2v) is 24.5. The molecule has 1 aliphatic rings. The summed E-state index contributed by atoms with van der Waals surface area (Å²) in [5.74, 6) is -260. The van der Waals surface area contributed by atoms with Gasteiger partial charge in [-0.25, -0.2) is 35.1 Å². The molecule has 0 unspecified atom stereocenters. The Bertz CT molecular complexity index is 3500. The van der Waals surface area contributed by atoms with Crippen LogP contribution in [0.2, 0.25) is 0 Å². The zero-order chi connectivity index (χ0) is 99.1. The highest BCUT2D eigenvalue weighted by Gasteiger charge is 2.99. The molecule has 3 rings (SSSR count). The predicted octanol–water partition coefficient (Wildman–Crippen LogP) is 21.7. The number of anilines is 2. The van der Waals surface area contributed by atoms with Gasteiger partial charge in [-0.1, -0.05) is 0 Å². The Labute approximate surface area is 634 Å². The summed E-state index contributed by atoms with van der Waals surface area (Å²) < 4.78 is 916. The number of nitrogens with zero attached hydrogens (tertiary/aromatic N) is 6. The van der Waals surface area contributed by atoms with Crippen LogP contribution in [0, 0.1) is 0 Å². The van der Waals surface area contributed by atoms with Gasteiger partial charge in [-0.2, -0.15) is 266 Å². The maximum Gasteiger partial charge on any atom is 0.385 e. The van der Waals surface area contributed by atoms with Crippen molar-refractivity contribution in [2.45, 2.75) is 204 Å². The molecule has 3 heterocycles. The second-order valence-electron chi connectivity index (χ2n) is 24.5. The maximum absolute atomic E-state index is 15.0. The van der Waals surface area contributed by atoms with Crippen molar-refractivity contribution in [3.05, 3.63) is 12.1 Å². The normalized spacial score (nSPS) is 16.9. The van der Waals surface area contributed by atoms with Crippen LogP contribution in [0.3, 0.4) is 0 Å². The third-order valence-electron chi connectivity index (χ3n) is 16.1. The van der Waals surface area contributed by atoms with Gasteiger partial charge in [-0.15, -0.1) is 0 Å². The van der Waals surface area contributed by atoms with Crippen molar-refractivity contribution in [3.63, 3.8) is 0 Å². The summed E-state index contributed by atoms with van der Waals surface area (Å²) in [6.45, 7) is -23.9. The van der Waals surface area contributed by atoms with E-state index in [1.54, 1.807) is 0 Å². The van der Waals surface area contributed by atoms with Crippen molar-refractivity contribution < 1.29 is 300 Å². The fourth-order valence-corrected chi connectivity index (χ4v) is 8.58. The standard InChI is InChI=1S/C50H26F64N6O4/c51-17(52)27(67,68)35(83,84)43(99,100)47(107,108)39(91,92)31(75,76)23(59,60)9-121-13-7-14(122-10-24(61,62)32(77,78)40(93,94)48(109,110)44(101,102)36(85,86)28(69,70)18(53)54)116-21(115-13)119-3-1-4-120(6-2-5-119)22-117-15(123-11-25(63,64)33(79,80)41(95,96)49(111,112)45(103,104)37(87,88)29(71,72)19(55)56)8-16(118-22)124-12-26(65,66)34(81,82)42(97,98)50(113,114)46(105,106)38(89,90)30(73,74)20(57)58/h7-8,17-20H,1-6,9-12H2. The molecule has 10 nitrogen and oxygen atoms in total. The molecule has 0 bridgehead atoms. The topological polar surface area (TPSA) is 95.0 Å². The molecule has 2 aromatic rings. The zero-order valence-electron chi connectivity index (χ0n) is 56.0. The van der Waals surface area contributed by atoms with Gasteiger partial charge < -0.3 is 28.7 Å². The van der Waals surface area contributed by atoms with Crippen molar-refractivity contribution in [2.24, 2.45) is 0 Å². The minimum Gasteiger partial charge on any atom is -0.471 e.